The minimum atomic E-state index is -0.262. The van der Waals surface area contributed by atoms with E-state index in [1.54, 1.807) is 31.8 Å². The molecule has 3 heterocycles. The van der Waals surface area contributed by atoms with Crippen molar-refractivity contribution in [2.45, 2.75) is 0 Å². The highest BCUT2D eigenvalue weighted by atomic mass is 35.5. The van der Waals surface area contributed by atoms with Crippen molar-refractivity contribution in [3.63, 3.8) is 0 Å². The first-order valence-corrected chi connectivity index (χ1v) is 11.0. The molecule has 1 N–H and O–H groups in total. The van der Waals surface area contributed by atoms with Gasteiger partial charge in [-0.05, 0) is 36.9 Å². The molecule has 0 spiro atoms. The Balaban J connectivity index is 1.55. The second kappa shape index (κ2) is 10.1. The molecule has 0 bridgehead atoms. The molecule has 1 aromatic carbocycles. The predicted molar refractivity (Wildman–Crippen MR) is 125 cm³/mol. The maximum absolute atomic E-state index is 12.8. The number of carbonyl (C=O) groups excluding carboxylic acids is 1. The smallest absolute Gasteiger partial charge is 0.342 e. The zero-order valence-corrected chi connectivity index (χ0v) is 19.0. The lowest BCUT2D eigenvalue weighted by Gasteiger charge is -2.32. The number of amides is 1. The topological polar surface area (TPSA) is 75.5 Å². The summed E-state index contributed by atoms with van der Waals surface area (Å²) in [7, 11) is 3.70. The number of carbonyl (C=O) groups is 1. The van der Waals surface area contributed by atoms with E-state index in [2.05, 4.69) is 32.2 Å². The fraction of sp³-hybridized carbons (Fsp3) is 0.348. The molecule has 3 aromatic rings. The van der Waals surface area contributed by atoms with Gasteiger partial charge in [0.25, 0.3) is 0 Å². The van der Waals surface area contributed by atoms with E-state index in [0.29, 0.717) is 23.0 Å². The molecule has 0 radical (unpaired) electrons. The van der Waals surface area contributed by atoms with Gasteiger partial charge in [-0.1, -0.05) is 17.7 Å². The quantitative estimate of drug-likeness (QED) is 0.617. The van der Waals surface area contributed by atoms with E-state index < -0.39 is 0 Å². The summed E-state index contributed by atoms with van der Waals surface area (Å²) in [6, 6.07) is 8.98. The normalized spacial score (nSPS) is 15.0. The number of pyridine rings is 1. The van der Waals surface area contributed by atoms with E-state index in [1.165, 1.54) is 4.68 Å². The number of rotatable bonds is 6. The zero-order valence-electron chi connectivity index (χ0n) is 18.3. The molecule has 168 valence electrons. The summed E-state index contributed by atoms with van der Waals surface area (Å²) in [6.45, 7) is 5.52. The van der Waals surface area contributed by atoms with E-state index in [9.17, 15) is 4.79 Å². The van der Waals surface area contributed by atoms with Gasteiger partial charge in [0, 0.05) is 69.0 Å². The number of benzene rings is 1. The first-order valence-electron chi connectivity index (χ1n) is 10.6. The van der Waals surface area contributed by atoms with Crippen molar-refractivity contribution >= 4 is 17.6 Å². The third-order valence-electron chi connectivity index (χ3n) is 5.64. The molecule has 1 amide bonds. The van der Waals surface area contributed by atoms with E-state index >= 15 is 0 Å². The molecular formula is C23H27ClN6O2. The fourth-order valence-corrected chi connectivity index (χ4v) is 3.91. The molecule has 1 fully saturated rings. The minimum absolute atomic E-state index is 0.262. The van der Waals surface area contributed by atoms with Gasteiger partial charge in [0.1, 0.15) is 11.4 Å². The van der Waals surface area contributed by atoms with Crippen molar-refractivity contribution in [1.29, 1.82) is 0 Å². The van der Waals surface area contributed by atoms with Crippen molar-refractivity contribution in [3.8, 4) is 28.1 Å². The molecule has 8 nitrogen and oxygen atoms in total. The van der Waals surface area contributed by atoms with Crippen molar-refractivity contribution in [2.24, 2.45) is 0 Å². The average Bonchev–Trinajstić information content (AvgIpc) is 3.27. The van der Waals surface area contributed by atoms with Crippen LogP contribution in [0.3, 0.4) is 0 Å². The van der Waals surface area contributed by atoms with Gasteiger partial charge in [0.05, 0.1) is 12.1 Å². The summed E-state index contributed by atoms with van der Waals surface area (Å²) in [5, 5.41) is 8.10. The SMILES string of the molecule is COc1cc(-c2nn(C(=O)NCCN3CCN(C)CC3)cc2-c2ccncc2)ccc1Cl. The van der Waals surface area contributed by atoms with Crippen LogP contribution in [0.25, 0.3) is 22.4 Å². The van der Waals surface area contributed by atoms with Crippen LogP contribution in [0.5, 0.6) is 5.75 Å². The highest BCUT2D eigenvalue weighted by Crippen LogP contribution is 2.35. The number of likely N-dealkylation sites (N-methyl/N-ethyl adjacent to an activating group) is 1. The van der Waals surface area contributed by atoms with Crippen LogP contribution in [0.1, 0.15) is 0 Å². The Morgan fingerprint density at radius 1 is 1.12 bits per heavy atom. The van der Waals surface area contributed by atoms with Crippen LogP contribution in [0.15, 0.2) is 48.9 Å². The number of halogens is 1. The maximum atomic E-state index is 12.8. The van der Waals surface area contributed by atoms with Crippen LogP contribution >= 0.6 is 11.6 Å². The summed E-state index contributed by atoms with van der Waals surface area (Å²) in [6.07, 6.45) is 5.18. The number of piperazine rings is 1. The van der Waals surface area contributed by atoms with E-state index in [-0.39, 0.29) is 6.03 Å². The van der Waals surface area contributed by atoms with Crippen molar-refractivity contribution < 1.29 is 9.53 Å². The van der Waals surface area contributed by atoms with Gasteiger partial charge in [-0.15, -0.1) is 0 Å². The molecule has 0 unspecified atom stereocenters. The molecule has 1 aliphatic rings. The number of ether oxygens (including phenoxy) is 1. The molecule has 0 aliphatic carbocycles. The van der Waals surface area contributed by atoms with Gasteiger partial charge >= 0.3 is 6.03 Å². The highest BCUT2D eigenvalue weighted by Gasteiger charge is 2.18. The third kappa shape index (κ3) is 5.09. The first-order chi connectivity index (χ1) is 15.5. The highest BCUT2D eigenvalue weighted by molar-refractivity contribution is 6.32. The standard InChI is InChI=1S/C23H27ClN6O2/c1-28-11-13-29(14-12-28)10-9-26-23(31)30-16-19(17-5-7-25-8-6-17)22(27-30)18-3-4-20(24)21(15-18)32-2/h3-8,15-16H,9-14H2,1-2H3,(H,26,31). The Bertz CT molecular complexity index is 1060. The second-order valence-corrected chi connectivity index (χ2v) is 8.21. The van der Waals surface area contributed by atoms with Crippen LogP contribution in [-0.4, -0.2) is 84.0 Å². The van der Waals surface area contributed by atoms with Crippen LogP contribution in [-0.2, 0) is 0 Å². The lowest BCUT2D eigenvalue weighted by atomic mass is 10.0. The zero-order chi connectivity index (χ0) is 22.5. The minimum Gasteiger partial charge on any atom is -0.495 e. The van der Waals surface area contributed by atoms with Gasteiger partial charge in [0.2, 0.25) is 0 Å². The Morgan fingerprint density at radius 2 is 1.88 bits per heavy atom. The van der Waals surface area contributed by atoms with Crippen LogP contribution in [0.4, 0.5) is 4.79 Å². The molecule has 0 saturated carbocycles. The summed E-state index contributed by atoms with van der Waals surface area (Å²) in [4.78, 5) is 21.6. The van der Waals surface area contributed by atoms with Gasteiger partial charge < -0.3 is 15.0 Å². The predicted octanol–water partition coefficient (Wildman–Crippen LogP) is 3.08. The largest absolute Gasteiger partial charge is 0.495 e. The van der Waals surface area contributed by atoms with Crippen LogP contribution in [0, 0.1) is 0 Å². The Labute approximate surface area is 192 Å². The van der Waals surface area contributed by atoms with Crippen molar-refractivity contribution in [1.82, 2.24) is 29.9 Å². The molecule has 1 aliphatic heterocycles. The summed E-state index contributed by atoms with van der Waals surface area (Å²) < 4.78 is 6.72. The Kier molecular flexibility index (Phi) is 7.04. The lowest BCUT2D eigenvalue weighted by Crippen LogP contribution is -2.47. The second-order valence-electron chi connectivity index (χ2n) is 7.80. The summed E-state index contributed by atoms with van der Waals surface area (Å²) in [5.41, 5.74) is 3.22. The van der Waals surface area contributed by atoms with Gasteiger partial charge in [-0.2, -0.15) is 9.78 Å². The van der Waals surface area contributed by atoms with Crippen molar-refractivity contribution in [3.05, 3.63) is 53.9 Å². The number of nitrogens with one attached hydrogen (secondary N) is 1. The molecule has 0 atom stereocenters. The number of hydrogen-bond donors (Lipinski definition) is 1. The third-order valence-corrected chi connectivity index (χ3v) is 5.95. The van der Waals surface area contributed by atoms with Gasteiger partial charge in [0.15, 0.2) is 0 Å². The van der Waals surface area contributed by atoms with E-state index in [0.717, 1.165) is 49.4 Å². The Hall–Kier alpha value is -2.94. The van der Waals surface area contributed by atoms with Gasteiger partial charge in [-0.3, -0.25) is 9.88 Å². The number of methoxy groups -OCH3 is 1. The fourth-order valence-electron chi connectivity index (χ4n) is 3.71. The first kappa shape index (κ1) is 22.3. The summed E-state index contributed by atoms with van der Waals surface area (Å²) in [5.74, 6) is 0.552. The Morgan fingerprint density at radius 3 is 2.59 bits per heavy atom. The summed E-state index contributed by atoms with van der Waals surface area (Å²) >= 11 is 6.20. The van der Waals surface area contributed by atoms with Crippen LogP contribution < -0.4 is 10.1 Å². The average molecular weight is 455 g/mol. The van der Waals surface area contributed by atoms with E-state index in [4.69, 9.17) is 16.3 Å². The van der Waals surface area contributed by atoms with Crippen molar-refractivity contribution in [2.75, 3.05) is 53.4 Å². The maximum Gasteiger partial charge on any atom is 0.342 e. The molecular weight excluding hydrogens is 428 g/mol. The monoisotopic (exact) mass is 454 g/mol. The molecule has 2 aromatic heterocycles. The molecule has 32 heavy (non-hydrogen) atoms. The van der Waals surface area contributed by atoms with Gasteiger partial charge in [-0.25, -0.2) is 4.79 Å². The lowest BCUT2D eigenvalue weighted by molar-refractivity contribution is 0.155. The molecule has 1 saturated heterocycles. The number of hydrogen-bond acceptors (Lipinski definition) is 6. The molecule has 4 rings (SSSR count). The van der Waals surface area contributed by atoms with Crippen LogP contribution in [0.2, 0.25) is 5.02 Å². The van der Waals surface area contributed by atoms with E-state index in [1.807, 2.05) is 24.3 Å². The number of aromatic nitrogens is 3. The number of nitrogens with zero attached hydrogens (tertiary/aromatic N) is 5. The molecule has 9 heteroatoms.